The third-order valence-electron chi connectivity index (χ3n) is 4.58. The molecule has 3 unspecified atom stereocenters. The Labute approximate surface area is 377 Å². The Morgan fingerprint density at radius 3 is 1.41 bits per heavy atom. The summed E-state index contributed by atoms with van der Waals surface area (Å²) in [7, 11) is 2.90. The summed E-state index contributed by atoms with van der Waals surface area (Å²) in [5.74, 6) is 0.124. The van der Waals surface area contributed by atoms with E-state index in [4.69, 9.17) is 10.5 Å². The van der Waals surface area contributed by atoms with Gasteiger partial charge in [-0.2, -0.15) is 12.8 Å². The molecule has 0 spiro atoms. The molecule has 1 fully saturated rings. The van der Waals surface area contributed by atoms with Crippen molar-refractivity contribution in [1.29, 1.82) is 0 Å². The number of likely N-dealkylation sites (N-methyl/N-ethyl adjacent to an activating group) is 1. The molecule has 2 heterocycles. The van der Waals surface area contributed by atoms with Crippen LogP contribution in [0.25, 0.3) is 0 Å². The van der Waals surface area contributed by atoms with Crippen molar-refractivity contribution in [2.75, 3.05) is 25.6 Å². The molecule has 2 aliphatic rings. The molecular weight excluding hydrogens is 1230 g/mol. The number of nitrogens with zero attached hydrogens (tertiary/aromatic N) is 2. The molecule has 264 valence electrons. The molecule has 6 amide bonds. The summed E-state index contributed by atoms with van der Waals surface area (Å²) in [6, 6.07) is -0.0136. The molecule has 0 aromatic rings. The van der Waals surface area contributed by atoms with Crippen LogP contribution in [0, 0.1) is 0 Å². The fourth-order valence-electron chi connectivity index (χ4n) is 2.15. The maximum absolute atomic E-state index is 10.7. The van der Waals surface area contributed by atoms with E-state index in [9.17, 15) is 28.8 Å². The average molecular weight is 1260 g/mol. The zero-order valence-corrected chi connectivity index (χ0v) is 41.6. The molecule has 0 aliphatic carbocycles. The zero-order chi connectivity index (χ0) is 33.8. The quantitative estimate of drug-likeness (QED) is 0.0188. The summed E-state index contributed by atoms with van der Waals surface area (Å²) >= 11 is 13.9. The molecule has 2 rings (SSSR count). The predicted octanol–water partition coefficient (Wildman–Crippen LogP) is 2.19. The van der Waals surface area contributed by atoms with Crippen LogP contribution in [0.5, 0.6) is 0 Å². The Hall–Kier alpha value is 3.10. The molecule has 16 nitrogen and oxygen atoms in total. The number of imide groups is 2. The minimum atomic E-state index is -0.512. The van der Waals surface area contributed by atoms with E-state index in [1.54, 1.807) is 12.8 Å². The van der Waals surface area contributed by atoms with Crippen LogP contribution in [-0.2, 0) is 144 Å². The number of rotatable bonds is 14. The normalized spacial score (nSPS) is 15.4. The first kappa shape index (κ1) is 61.2. The second-order valence-corrected chi connectivity index (χ2v) is 44.7. The Bertz CT molecular complexity index is 829. The number of hydrogen-bond acceptors (Lipinski definition) is 16. The van der Waals surface area contributed by atoms with Crippen LogP contribution in [0.2, 0.25) is 0 Å². The fourth-order valence-corrected chi connectivity index (χ4v) is 3.61. The smallest absolute Gasteiger partial charge is 0 e. The summed E-state index contributed by atoms with van der Waals surface area (Å²) in [6.07, 6.45) is 7.40. The van der Waals surface area contributed by atoms with Gasteiger partial charge in [0, 0.05) is 146 Å². The van der Waals surface area contributed by atoms with Crippen LogP contribution in [0.1, 0.15) is 33.1 Å². The van der Waals surface area contributed by atoms with Gasteiger partial charge in [0.1, 0.15) is 0 Å². The van der Waals surface area contributed by atoms with Crippen molar-refractivity contribution >= 4 is 147 Å². The van der Waals surface area contributed by atoms with Crippen molar-refractivity contribution in [2.45, 2.75) is 50.4 Å². The molecule has 3 atom stereocenters. The second kappa shape index (κ2) is 42.5. The predicted molar refractivity (Wildman–Crippen MR) is 192 cm³/mol. The Balaban J connectivity index is -0.000000110. The van der Waals surface area contributed by atoms with Gasteiger partial charge >= 0.3 is 64.9 Å². The van der Waals surface area contributed by atoms with E-state index < -0.39 is 5.25 Å². The van der Waals surface area contributed by atoms with Gasteiger partial charge in [0.2, 0.25) is 11.8 Å². The summed E-state index contributed by atoms with van der Waals surface area (Å²) < 4.78 is 8.23. The monoisotopic (exact) mass is 1260 g/mol. The number of carbonyl (C=O) groups excluding carboxylic acids is 6. The van der Waals surface area contributed by atoms with Gasteiger partial charge in [-0.15, -0.1) is 8.67 Å². The summed E-state index contributed by atoms with van der Waals surface area (Å²) in [6.45, 7) is 3.82. The molecule has 0 bridgehead atoms. The standard InChI is InChI=1S/2C5H10NO4S.C5H7NO2S.C5H5NO2.3HI.H2S.V.2Y/c2*1-2-5(6-4-7)3-11-10-9-8;1-6-4(7)2-3(9)5(6)8;1-6-4(7)2-3-5(6)8;;;;;;;/h2*5,8H,2-3H2,1H3,(H,6,7);3,9H,2H2,1H3;2-3H,1H3;3*1H;1H2;;;/q2*-1;;;;;;;+3;;/p-5. The molecule has 0 saturated carbocycles. The van der Waals surface area contributed by atoms with E-state index >= 15 is 0 Å². The van der Waals surface area contributed by atoms with E-state index in [0.717, 1.165) is 46.7 Å². The van der Waals surface area contributed by atoms with Gasteiger partial charge in [-0.05, 0) is 12.8 Å². The second-order valence-electron chi connectivity index (χ2n) is 7.30. The van der Waals surface area contributed by atoms with Gasteiger partial charge in [0.05, 0.1) is 0 Å². The van der Waals surface area contributed by atoms with Crippen molar-refractivity contribution in [3.05, 3.63) is 12.2 Å². The zero-order valence-electron chi connectivity index (χ0n) is 24.7. The Morgan fingerprint density at radius 2 is 1.26 bits per heavy atom. The van der Waals surface area contributed by atoms with Crippen LogP contribution in [-0.4, -0.2) is 99.7 Å². The minimum absolute atomic E-state index is 0. The van der Waals surface area contributed by atoms with Crippen LogP contribution >= 0.6 is 84.0 Å². The van der Waals surface area contributed by atoms with Gasteiger partial charge in [0.25, 0.3) is 11.8 Å². The molecule has 2 radical (unpaired) electrons. The summed E-state index contributed by atoms with van der Waals surface area (Å²) in [5.41, 5.74) is 0. The molecule has 1 saturated heterocycles. The number of nitrogens with one attached hydrogen (secondary N) is 2. The molecule has 0 aromatic carbocycles. The average Bonchev–Trinajstić information content (AvgIpc) is 3.38. The van der Waals surface area contributed by atoms with Crippen molar-refractivity contribution in [2.24, 2.45) is 0 Å². The van der Waals surface area contributed by atoms with Crippen LogP contribution < -0.4 is 10.6 Å². The van der Waals surface area contributed by atoms with Crippen LogP contribution in [0.15, 0.2) is 12.2 Å². The first-order valence-corrected chi connectivity index (χ1v) is 27.3. The summed E-state index contributed by atoms with van der Waals surface area (Å²) in [4.78, 5) is 63.7. The van der Waals surface area contributed by atoms with E-state index in [2.05, 4.69) is 102 Å². The molecule has 4 N–H and O–H groups in total. The van der Waals surface area contributed by atoms with Gasteiger partial charge in [-0.25, -0.2) is 10.5 Å². The van der Waals surface area contributed by atoms with E-state index in [1.807, 2.05) is 13.8 Å². The largest absolute Gasteiger partial charge is 0.813 e. The van der Waals surface area contributed by atoms with Crippen molar-refractivity contribution < 1.29 is 128 Å². The molecule has 2 aliphatic heterocycles. The number of hydrogen-bond donors (Lipinski definition) is 4. The van der Waals surface area contributed by atoms with Gasteiger partial charge in [-0.1, -0.05) is 29.2 Å². The first-order chi connectivity index (χ1) is 20.3. The maximum atomic E-state index is 10.7. The fraction of sp³-hybridized carbons (Fsp3) is 0.600. The minimum Gasteiger partial charge on any atom is -0.813 e. The number of amides is 6. The van der Waals surface area contributed by atoms with Crippen LogP contribution in [0.3, 0.4) is 0 Å². The van der Waals surface area contributed by atoms with Gasteiger partial charge in [-0.3, -0.25) is 29.0 Å². The van der Waals surface area contributed by atoms with Crippen molar-refractivity contribution in [1.82, 2.24) is 20.4 Å². The van der Waals surface area contributed by atoms with Crippen LogP contribution in [0.4, 0.5) is 0 Å². The summed E-state index contributed by atoms with van der Waals surface area (Å²) in [5, 5.41) is 26.6. The van der Waals surface area contributed by atoms with Gasteiger partial charge < -0.3 is 46.3 Å². The van der Waals surface area contributed by atoms with E-state index in [-0.39, 0.29) is 126 Å². The molecule has 46 heavy (non-hydrogen) atoms. The van der Waals surface area contributed by atoms with E-state index in [0.29, 0.717) is 11.5 Å². The third-order valence-corrected chi connectivity index (χ3v) is 6.34. The molecular formula is C20H32I3N4O12S4VY2-4. The number of likely N-dealkylation sites (tertiary alicyclic amines) is 1. The van der Waals surface area contributed by atoms with Crippen molar-refractivity contribution in [3.8, 4) is 0 Å². The topological polar surface area (TPSA) is 210 Å². The number of thiol groups is 1. The molecule has 26 heteroatoms. The SMILES string of the molecule is CCC(CSOOO)N[C-]=O.CCC(CSOOO)N[C-]=O.CN1C(=O)C=CC1=O.CN1C(=O)CC([S-])C1=O.[I][V]([I])[I].[SH-].[Y].[Y]. The Kier molecular flexibility index (Phi) is 56.5. The van der Waals surface area contributed by atoms with Gasteiger partial charge in [0.15, 0.2) is 0 Å². The number of carbonyl (C=O) groups is 4. The molecule has 0 aromatic heterocycles. The first-order valence-electron chi connectivity index (χ1n) is 11.5. The Morgan fingerprint density at radius 1 is 0.913 bits per heavy atom. The van der Waals surface area contributed by atoms with Crippen molar-refractivity contribution in [3.63, 3.8) is 0 Å². The maximum Gasteiger partial charge on any atom is 0 e. The van der Waals surface area contributed by atoms with E-state index in [1.165, 1.54) is 26.2 Å². The number of halogens is 3. The third kappa shape index (κ3) is 36.9.